The maximum atomic E-state index is 6.18. The number of methoxy groups -OCH3 is 1. The summed E-state index contributed by atoms with van der Waals surface area (Å²) in [7, 11) is 3.68. The summed E-state index contributed by atoms with van der Waals surface area (Å²) in [5.74, 6) is 1.07. The van der Waals surface area contributed by atoms with Crippen molar-refractivity contribution in [3.63, 3.8) is 0 Å². The second-order valence-electron chi connectivity index (χ2n) is 4.16. The van der Waals surface area contributed by atoms with E-state index >= 15 is 0 Å². The smallest absolute Gasteiger partial charge is 0.0533 e. The van der Waals surface area contributed by atoms with E-state index in [1.807, 2.05) is 29.7 Å². The van der Waals surface area contributed by atoms with Gasteiger partial charge in [-0.1, -0.05) is 6.92 Å². The van der Waals surface area contributed by atoms with E-state index in [9.17, 15) is 0 Å². The molecule has 0 saturated carbocycles. The van der Waals surface area contributed by atoms with Gasteiger partial charge in [0.2, 0.25) is 0 Å². The van der Waals surface area contributed by atoms with Gasteiger partial charge in [-0.05, 0) is 18.6 Å². The Kier molecular flexibility index (Phi) is 6.62. The molecule has 2 N–H and O–H groups in total. The number of aromatic nitrogens is 2. The van der Waals surface area contributed by atoms with Crippen molar-refractivity contribution >= 4 is 11.8 Å². The summed E-state index contributed by atoms with van der Waals surface area (Å²) in [4.78, 5) is 0. The normalized spacial score (nSPS) is 14.8. The third-order valence-corrected chi connectivity index (χ3v) is 4.21. The van der Waals surface area contributed by atoms with Gasteiger partial charge < -0.3 is 10.5 Å². The van der Waals surface area contributed by atoms with Crippen LogP contribution in [0.1, 0.15) is 30.6 Å². The van der Waals surface area contributed by atoms with Crippen molar-refractivity contribution in [1.82, 2.24) is 9.78 Å². The third-order valence-electron chi connectivity index (χ3n) is 2.70. The predicted octanol–water partition coefficient (Wildman–Crippen LogP) is 1.97. The second-order valence-corrected chi connectivity index (χ2v) is 5.41. The van der Waals surface area contributed by atoms with Gasteiger partial charge in [-0.3, -0.25) is 4.68 Å². The Morgan fingerprint density at radius 3 is 2.88 bits per heavy atom. The number of ether oxygens (including phenoxy) is 1. The average molecular weight is 257 g/mol. The monoisotopic (exact) mass is 257 g/mol. The summed E-state index contributed by atoms with van der Waals surface area (Å²) >= 11 is 1.90. The zero-order valence-electron chi connectivity index (χ0n) is 10.9. The van der Waals surface area contributed by atoms with Crippen molar-refractivity contribution in [3.05, 3.63) is 18.0 Å². The molecule has 1 aromatic rings. The summed E-state index contributed by atoms with van der Waals surface area (Å²) in [5, 5.41) is 4.56. The van der Waals surface area contributed by atoms with Gasteiger partial charge in [0.25, 0.3) is 0 Å². The molecule has 0 aliphatic rings. The first kappa shape index (κ1) is 14.5. The number of hydrogen-bond acceptors (Lipinski definition) is 4. The molecule has 0 fully saturated rings. The van der Waals surface area contributed by atoms with Gasteiger partial charge in [0.1, 0.15) is 0 Å². The van der Waals surface area contributed by atoms with Crippen molar-refractivity contribution in [1.29, 1.82) is 0 Å². The van der Waals surface area contributed by atoms with Crippen LogP contribution in [0.15, 0.2) is 12.4 Å². The van der Waals surface area contributed by atoms with Crippen LogP contribution in [0.5, 0.6) is 0 Å². The summed E-state index contributed by atoms with van der Waals surface area (Å²) in [6, 6.07) is 0.187. The lowest BCUT2D eigenvalue weighted by atomic mass is 10.1. The van der Waals surface area contributed by atoms with Crippen molar-refractivity contribution < 1.29 is 4.74 Å². The molecule has 2 unspecified atom stereocenters. The molecule has 0 saturated heterocycles. The lowest BCUT2D eigenvalue weighted by Crippen LogP contribution is -2.25. The number of nitrogens with two attached hydrogens (primary N) is 1. The van der Waals surface area contributed by atoms with Crippen LogP contribution in [0.2, 0.25) is 0 Å². The molecule has 1 aromatic heterocycles. The number of aryl methyl sites for hydroxylation is 1. The van der Waals surface area contributed by atoms with Gasteiger partial charge in [-0.2, -0.15) is 16.9 Å². The maximum absolute atomic E-state index is 6.18. The largest absolute Gasteiger partial charge is 0.385 e. The fraction of sp³-hybridized carbons (Fsp3) is 0.750. The molecule has 5 heteroatoms. The number of thioether (sulfide) groups is 1. The first-order valence-corrected chi connectivity index (χ1v) is 7.08. The molecular weight excluding hydrogens is 234 g/mol. The highest BCUT2D eigenvalue weighted by Crippen LogP contribution is 2.32. The lowest BCUT2D eigenvalue weighted by molar-refractivity contribution is 0.200. The van der Waals surface area contributed by atoms with Crippen LogP contribution in [0.3, 0.4) is 0 Å². The molecule has 0 radical (unpaired) electrons. The first-order valence-electron chi connectivity index (χ1n) is 6.03. The molecule has 0 bridgehead atoms. The molecular formula is C12H23N3OS. The van der Waals surface area contributed by atoms with Crippen LogP contribution in [0.4, 0.5) is 0 Å². The highest BCUT2D eigenvalue weighted by atomic mass is 32.2. The van der Waals surface area contributed by atoms with Crippen LogP contribution in [0.25, 0.3) is 0 Å². The molecule has 4 nitrogen and oxygen atoms in total. The van der Waals surface area contributed by atoms with E-state index in [0.29, 0.717) is 5.25 Å². The molecule has 0 amide bonds. The van der Waals surface area contributed by atoms with Gasteiger partial charge in [-0.15, -0.1) is 0 Å². The molecule has 1 heterocycles. The second kappa shape index (κ2) is 7.74. The molecule has 0 aromatic carbocycles. The van der Waals surface area contributed by atoms with Crippen molar-refractivity contribution in [2.75, 3.05) is 19.5 Å². The Hall–Kier alpha value is -0.520. The minimum Gasteiger partial charge on any atom is -0.385 e. The van der Waals surface area contributed by atoms with Gasteiger partial charge >= 0.3 is 0 Å². The topological polar surface area (TPSA) is 53.1 Å². The number of rotatable bonds is 8. The van der Waals surface area contributed by atoms with E-state index in [-0.39, 0.29) is 6.04 Å². The van der Waals surface area contributed by atoms with E-state index in [0.717, 1.165) is 25.2 Å². The molecule has 17 heavy (non-hydrogen) atoms. The van der Waals surface area contributed by atoms with Crippen LogP contribution in [0, 0.1) is 0 Å². The van der Waals surface area contributed by atoms with Crippen molar-refractivity contribution in [2.24, 2.45) is 12.8 Å². The zero-order valence-corrected chi connectivity index (χ0v) is 11.7. The molecule has 1 rings (SSSR count). The van der Waals surface area contributed by atoms with E-state index in [1.54, 1.807) is 7.11 Å². The summed E-state index contributed by atoms with van der Waals surface area (Å²) < 4.78 is 6.89. The summed E-state index contributed by atoms with van der Waals surface area (Å²) in [6.07, 6.45) is 6.03. The maximum Gasteiger partial charge on any atom is 0.0533 e. The van der Waals surface area contributed by atoms with E-state index in [2.05, 4.69) is 18.2 Å². The number of nitrogens with zero attached hydrogens (tertiary/aromatic N) is 2. The van der Waals surface area contributed by atoms with Gasteiger partial charge in [-0.25, -0.2) is 0 Å². The van der Waals surface area contributed by atoms with Gasteiger partial charge in [0.15, 0.2) is 0 Å². The van der Waals surface area contributed by atoms with Crippen molar-refractivity contribution in [2.45, 2.75) is 31.1 Å². The van der Waals surface area contributed by atoms with Gasteiger partial charge in [0, 0.05) is 43.8 Å². The quantitative estimate of drug-likeness (QED) is 0.723. The predicted molar refractivity (Wildman–Crippen MR) is 73.2 cm³/mol. The van der Waals surface area contributed by atoms with E-state index < -0.39 is 0 Å². The SMILES string of the molecule is CCC(N)C(SCCCOC)c1cnn(C)c1. The minimum absolute atomic E-state index is 0.187. The first-order chi connectivity index (χ1) is 8.19. The van der Waals surface area contributed by atoms with Crippen LogP contribution < -0.4 is 5.73 Å². The van der Waals surface area contributed by atoms with E-state index in [4.69, 9.17) is 10.5 Å². The highest BCUT2D eigenvalue weighted by molar-refractivity contribution is 7.99. The fourth-order valence-corrected chi connectivity index (χ4v) is 2.97. The fourth-order valence-electron chi connectivity index (χ4n) is 1.68. The van der Waals surface area contributed by atoms with Crippen LogP contribution >= 0.6 is 11.8 Å². The Balaban J connectivity index is 2.55. The Morgan fingerprint density at radius 1 is 1.59 bits per heavy atom. The summed E-state index contributed by atoms with van der Waals surface area (Å²) in [5.41, 5.74) is 7.41. The molecule has 2 atom stereocenters. The molecule has 0 aliphatic carbocycles. The van der Waals surface area contributed by atoms with E-state index in [1.165, 1.54) is 5.56 Å². The standard InChI is InChI=1S/C12H23N3OS/c1-4-11(13)12(17-7-5-6-16-3)10-8-14-15(2)9-10/h8-9,11-12H,4-7,13H2,1-3H3. The Morgan fingerprint density at radius 2 is 2.35 bits per heavy atom. The minimum atomic E-state index is 0.187. The average Bonchev–Trinajstić information content (AvgIpc) is 2.75. The molecule has 0 spiro atoms. The zero-order chi connectivity index (χ0) is 12.7. The lowest BCUT2D eigenvalue weighted by Gasteiger charge is -2.21. The summed E-state index contributed by atoms with van der Waals surface area (Å²) in [6.45, 7) is 2.94. The highest BCUT2D eigenvalue weighted by Gasteiger charge is 2.20. The third kappa shape index (κ3) is 4.69. The van der Waals surface area contributed by atoms with Gasteiger partial charge in [0.05, 0.1) is 6.20 Å². The Labute approximate surface area is 108 Å². The van der Waals surface area contributed by atoms with Crippen LogP contribution in [-0.2, 0) is 11.8 Å². The molecule has 98 valence electrons. The van der Waals surface area contributed by atoms with Crippen LogP contribution in [-0.4, -0.2) is 35.3 Å². The van der Waals surface area contributed by atoms with Crippen molar-refractivity contribution in [3.8, 4) is 0 Å². The molecule has 0 aliphatic heterocycles. The Bertz CT molecular complexity index is 316. The number of hydrogen-bond donors (Lipinski definition) is 1.